The monoisotopic (exact) mass is 417 g/mol. The van der Waals surface area contributed by atoms with Gasteiger partial charge in [-0.15, -0.1) is 0 Å². The van der Waals surface area contributed by atoms with Crippen molar-refractivity contribution in [3.8, 4) is 5.75 Å². The molecule has 1 aromatic rings. The number of aliphatic hydroxyl groups is 1. The second-order valence-electron chi connectivity index (χ2n) is 8.27. The fourth-order valence-corrected chi connectivity index (χ4v) is 4.75. The first-order chi connectivity index (χ1) is 14.5. The van der Waals surface area contributed by atoms with Crippen molar-refractivity contribution in [3.05, 3.63) is 24.3 Å². The summed E-state index contributed by atoms with van der Waals surface area (Å²) in [4.78, 5) is 33.4. The van der Waals surface area contributed by atoms with Crippen LogP contribution in [0.15, 0.2) is 24.3 Å². The highest BCUT2D eigenvalue weighted by molar-refractivity contribution is 6.00. The summed E-state index contributed by atoms with van der Waals surface area (Å²) < 4.78 is 5.56. The van der Waals surface area contributed by atoms with Gasteiger partial charge >= 0.3 is 6.03 Å². The van der Waals surface area contributed by atoms with Gasteiger partial charge in [-0.05, 0) is 43.5 Å². The average Bonchev–Trinajstić information content (AvgIpc) is 3.12. The number of amides is 3. The van der Waals surface area contributed by atoms with Crippen LogP contribution in [-0.4, -0.2) is 90.1 Å². The Hall–Kier alpha value is -2.36. The fourth-order valence-electron chi connectivity index (χ4n) is 4.75. The van der Waals surface area contributed by atoms with E-state index in [9.17, 15) is 9.59 Å². The summed E-state index contributed by atoms with van der Waals surface area (Å²) in [6.45, 7) is 6.56. The van der Waals surface area contributed by atoms with Crippen LogP contribution in [0.25, 0.3) is 0 Å². The molecule has 3 amide bonds. The number of carbonyl (C=O) groups excluding carboxylic acids is 2. The van der Waals surface area contributed by atoms with Crippen molar-refractivity contribution >= 4 is 17.6 Å². The number of ether oxygens (including phenoxy) is 1. The molecule has 3 heterocycles. The van der Waals surface area contributed by atoms with Crippen molar-refractivity contribution in [3.63, 3.8) is 0 Å². The number of benzene rings is 1. The molecule has 9 nitrogen and oxygen atoms in total. The summed E-state index contributed by atoms with van der Waals surface area (Å²) >= 11 is 0. The Morgan fingerprint density at radius 1 is 1.20 bits per heavy atom. The number of nitrogens with one attached hydrogen (secondary N) is 1. The van der Waals surface area contributed by atoms with Crippen molar-refractivity contribution < 1.29 is 19.4 Å². The number of anilines is 1. The number of urea groups is 1. The van der Waals surface area contributed by atoms with Gasteiger partial charge < -0.3 is 19.6 Å². The van der Waals surface area contributed by atoms with Crippen LogP contribution in [0.4, 0.5) is 10.5 Å². The van der Waals surface area contributed by atoms with Crippen molar-refractivity contribution in [2.45, 2.75) is 38.8 Å². The second kappa shape index (κ2) is 8.41. The lowest BCUT2D eigenvalue weighted by molar-refractivity contribution is -0.139. The van der Waals surface area contributed by atoms with Crippen LogP contribution in [0.1, 0.15) is 20.3 Å². The zero-order valence-corrected chi connectivity index (χ0v) is 17.8. The van der Waals surface area contributed by atoms with Crippen LogP contribution in [0.3, 0.4) is 0 Å². The number of hydrogen-bond donors (Lipinski definition) is 2. The first-order valence-corrected chi connectivity index (χ1v) is 10.7. The molecule has 0 spiro atoms. The molecule has 4 rings (SSSR count). The predicted molar refractivity (Wildman–Crippen MR) is 112 cm³/mol. The molecule has 0 saturated carbocycles. The van der Waals surface area contributed by atoms with Crippen LogP contribution in [0, 0.1) is 5.92 Å². The van der Waals surface area contributed by atoms with Crippen molar-refractivity contribution in [2.24, 2.45) is 5.92 Å². The van der Waals surface area contributed by atoms with Gasteiger partial charge in [-0.25, -0.2) is 4.79 Å². The summed E-state index contributed by atoms with van der Waals surface area (Å²) in [5.74, 6) is 0.999. The fraction of sp³-hybridized carbons (Fsp3) is 0.619. The average molecular weight is 418 g/mol. The molecule has 0 aliphatic carbocycles. The van der Waals surface area contributed by atoms with Crippen LogP contribution in [0.5, 0.6) is 5.75 Å². The second-order valence-corrected chi connectivity index (χ2v) is 8.27. The molecule has 4 atom stereocenters. The molecule has 3 saturated heterocycles. The Kier molecular flexibility index (Phi) is 5.86. The summed E-state index contributed by atoms with van der Waals surface area (Å²) in [7, 11) is 1.73. The third-order valence-corrected chi connectivity index (χ3v) is 6.10. The van der Waals surface area contributed by atoms with Crippen LogP contribution in [0.2, 0.25) is 0 Å². The lowest BCUT2D eigenvalue weighted by Gasteiger charge is -2.46. The van der Waals surface area contributed by atoms with E-state index < -0.39 is 6.04 Å². The van der Waals surface area contributed by atoms with Gasteiger partial charge in [-0.1, -0.05) is 6.92 Å². The molecule has 9 heteroatoms. The first kappa shape index (κ1) is 20.9. The summed E-state index contributed by atoms with van der Waals surface area (Å²) in [5, 5.41) is 12.7. The molecule has 4 unspecified atom stereocenters. The number of carbonyl (C=O) groups is 2. The third-order valence-electron chi connectivity index (χ3n) is 6.10. The van der Waals surface area contributed by atoms with Crippen molar-refractivity contribution in [2.75, 3.05) is 44.8 Å². The molecule has 3 fully saturated rings. The van der Waals surface area contributed by atoms with Crippen molar-refractivity contribution in [1.82, 2.24) is 20.0 Å². The number of aliphatic hydroxyl groups excluding tert-OH is 1. The quantitative estimate of drug-likeness (QED) is 0.704. The molecule has 1 aromatic carbocycles. The van der Waals surface area contributed by atoms with Crippen molar-refractivity contribution in [1.29, 1.82) is 0 Å². The summed E-state index contributed by atoms with van der Waals surface area (Å²) in [5.41, 5.74) is 1.05. The Bertz CT molecular complexity index is 788. The van der Waals surface area contributed by atoms with E-state index in [1.807, 2.05) is 31.2 Å². The lowest BCUT2D eigenvalue weighted by atomic mass is 10.0. The molecule has 164 valence electrons. The maximum atomic E-state index is 13.3. The number of rotatable bonds is 6. The van der Waals surface area contributed by atoms with E-state index in [0.29, 0.717) is 18.9 Å². The van der Waals surface area contributed by atoms with Crippen LogP contribution >= 0.6 is 0 Å². The van der Waals surface area contributed by atoms with Gasteiger partial charge in [0.1, 0.15) is 24.2 Å². The molecule has 3 aliphatic heterocycles. The third kappa shape index (κ3) is 3.51. The molecule has 0 radical (unpaired) electrons. The van der Waals surface area contributed by atoms with Crippen LogP contribution in [-0.2, 0) is 4.79 Å². The normalized spacial score (nSPS) is 29.3. The highest BCUT2D eigenvalue weighted by Crippen LogP contribution is 2.34. The van der Waals surface area contributed by atoms with Gasteiger partial charge in [0.25, 0.3) is 5.91 Å². The Balaban J connectivity index is 1.61. The zero-order valence-electron chi connectivity index (χ0n) is 17.8. The SMILES string of the molecule is CCOc1ccc(N2CC(C)CN3C4C(=O)N(CCCO)C(=O)N(C)C4NC23)cc1. The summed E-state index contributed by atoms with van der Waals surface area (Å²) in [6.07, 6.45) is -0.170. The van der Waals surface area contributed by atoms with E-state index in [1.54, 1.807) is 11.9 Å². The summed E-state index contributed by atoms with van der Waals surface area (Å²) in [6, 6.07) is 7.24. The molecular formula is C21H31N5O4. The largest absolute Gasteiger partial charge is 0.494 e. The van der Waals surface area contributed by atoms with Gasteiger partial charge in [0.05, 0.1) is 6.61 Å². The van der Waals surface area contributed by atoms with E-state index in [4.69, 9.17) is 9.84 Å². The number of hydrogen-bond acceptors (Lipinski definition) is 7. The predicted octanol–water partition coefficient (Wildman–Crippen LogP) is 0.701. The van der Waals surface area contributed by atoms with E-state index in [0.717, 1.165) is 24.5 Å². The van der Waals surface area contributed by atoms with Gasteiger partial charge in [-0.2, -0.15) is 0 Å². The minimum Gasteiger partial charge on any atom is -0.494 e. The van der Waals surface area contributed by atoms with Gasteiger partial charge in [0.15, 0.2) is 0 Å². The smallest absolute Gasteiger partial charge is 0.327 e. The number of nitrogens with zero attached hydrogens (tertiary/aromatic N) is 4. The van der Waals surface area contributed by atoms with Gasteiger partial charge in [0, 0.05) is 39.0 Å². The molecule has 2 N–H and O–H groups in total. The minimum absolute atomic E-state index is 0.0536. The maximum absolute atomic E-state index is 13.3. The molecule has 3 aliphatic rings. The Morgan fingerprint density at radius 2 is 1.93 bits per heavy atom. The minimum atomic E-state index is -0.440. The number of imide groups is 1. The number of likely N-dealkylation sites (N-methyl/N-ethyl adjacent to an activating group) is 1. The van der Waals surface area contributed by atoms with Gasteiger partial charge in [-0.3, -0.25) is 19.9 Å². The topological polar surface area (TPSA) is 88.6 Å². The Morgan fingerprint density at radius 3 is 2.60 bits per heavy atom. The molecular weight excluding hydrogens is 386 g/mol. The Labute approximate surface area is 177 Å². The highest BCUT2D eigenvalue weighted by Gasteiger charge is 2.56. The number of fused-ring (bicyclic) bond motifs is 3. The zero-order chi connectivity index (χ0) is 21.4. The van der Waals surface area contributed by atoms with E-state index in [1.165, 1.54) is 4.90 Å². The van der Waals surface area contributed by atoms with E-state index in [-0.39, 0.29) is 37.5 Å². The molecule has 0 bridgehead atoms. The molecule has 30 heavy (non-hydrogen) atoms. The molecule has 0 aromatic heterocycles. The first-order valence-electron chi connectivity index (χ1n) is 10.7. The van der Waals surface area contributed by atoms with Gasteiger partial charge in [0.2, 0.25) is 0 Å². The van der Waals surface area contributed by atoms with E-state index in [2.05, 4.69) is 22.0 Å². The van der Waals surface area contributed by atoms with Crippen LogP contribution < -0.4 is 15.0 Å². The maximum Gasteiger partial charge on any atom is 0.327 e. The van der Waals surface area contributed by atoms with E-state index >= 15 is 0 Å². The highest BCUT2D eigenvalue weighted by atomic mass is 16.5. The lowest BCUT2D eigenvalue weighted by Crippen LogP contribution is -2.66. The standard InChI is InChI=1S/C21H31N5O4/c1-4-30-16-8-6-15(7-9-16)25-12-14(2)13-26-17-18(22-20(25)26)23(3)21(29)24(19(17)28)10-5-11-27/h6-9,14,17-18,20,22,27H,4-5,10-13H2,1-3H3.